The highest BCUT2D eigenvalue weighted by molar-refractivity contribution is 7.90. The van der Waals surface area contributed by atoms with Gasteiger partial charge in [-0.3, -0.25) is 4.79 Å². The fourth-order valence-corrected chi connectivity index (χ4v) is 2.61. The molecule has 8 heteroatoms. The van der Waals surface area contributed by atoms with Gasteiger partial charge < -0.3 is 4.42 Å². The zero-order chi connectivity index (χ0) is 15.6. The van der Waals surface area contributed by atoms with Gasteiger partial charge in [-0.15, -0.1) is 0 Å². The van der Waals surface area contributed by atoms with Gasteiger partial charge in [-0.2, -0.15) is 5.26 Å². The predicted octanol–water partition coefficient (Wildman–Crippen LogP) is 1.72. The summed E-state index contributed by atoms with van der Waals surface area (Å²) in [6, 6.07) is 5.52. The van der Waals surface area contributed by atoms with Crippen LogP contribution in [0.3, 0.4) is 0 Å². The zero-order valence-corrected chi connectivity index (χ0v) is 11.6. The number of halogens is 1. The van der Waals surface area contributed by atoms with E-state index in [9.17, 15) is 17.6 Å². The number of carbonyl (C=O) groups excluding carboxylic acids is 1. The van der Waals surface area contributed by atoms with Gasteiger partial charge in [-0.1, -0.05) is 0 Å². The molecule has 0 saturated heterocycles. The maximum Gasteiger partial charge on any atom is 0.268 e. The Morgan fingerprint density at radius 3 is 2.67 bits per heavy atom. The Balaban J connectivity index is 2.33. The van der Waals surface area contributed by atoms with Crippen LogP contribution in [0.15, 0.2) is 39.8 Å². The minimum Gasteiger partial charge on any atom is -0.469 e. The Morgan fingerprint density at radius 1 is 1.38 bits per heavy atom. The summed E-state index contributed by atoms with van der Waals surface area (Å²) >= 11 is 0. The lowest BCUT2D eigenvalue weighted by Crippen LogP contribution is -2.30. The summed E-state index contributed by atoms with van der Waals surface area (Å²) in [6.45, 7) is 1.51. The van der Waals surface area contributed by atoms with E-state index in [0.29, 0.717) is 0 Å². The number of sulfonamides is 1. The molecule has 0 atom stereocenters. The molecule has 1 N–H and O–H groups in total. The number of aryl methyl sites for hydroxylation is 1. The summed E-state index contributed by atoms with van der Waals surface area (Å²) in [5, 5.41) is 8.69. The molecular formula is C13H9FN2O4S. The molecule has 2 aromatic rings. The van der Waals surface area contributed by atoms with Crippen LogP contribution in [0, 0.1) is 24.1 Å². The lowest BCUT2D eigenvalue weighted by atomic mass is 10.2. The van der Waals surface area contributed by atoms with Crippen molar-refractivity contribution in [1.29, 1.82) is 5.26 Å². The van der Waals surface area contributed by atoms with Crippen LogP contribution < -0.4 is 4.72 Å². The van der Waals surface area contributed by atoms with Crippen LogP contribution in [0.2, 0.25) is 0 Å². The maximum absolute atomic E-state index is 13.2. The number of carbonyl (C=O) groups is 1. The van der Waals surface area contributed by atoms with Crippen molar-refractivity contribution in [2.45, 2.75) is 11.8 Å². The molecule has 2 rings (SSSR count). The summed E-state index contributed by atoms with van der Waals surface area (Å²) in [5.41, 5.74) is -0.356. The first kappa shape index (κ1) is 14.7. The fraction of sp³-hybridized carbons (Fsp3) is 0.0769. The first-order chi connectivity index (χ1) is 9.85. The van der Waals surface area contributed by atoms with Crippen molar-refractivity contribution in [3.8, 4) is 6.07 Å². The molecule has 0 aliphatic heterocycles. The third-order valence-electron chi connectivity index (χ3n) is 2.70. The molecule has 0 radical (unpaired) electrons. The molecule has 0 fully saturated rings. The number of nitrogens with one attached hydrogen (secondary N) is 1. The van der Waals surface area contributed by atoms with Crippen LogP contribution in [-0.4, -0.2) is 14.3 Å². The molecule has 1 aromatic carbocycles. The number of furan rings is 1. The Bertz CT molecular complexity index is 849. The number of rotatable bonds is 3. The molecule has 0 aliphatic rings. The molecule has 1 aromatic heterocycles. The van der Waals surface area contributed by atoms with E-state index in [1.165, 1.54) is 25.3 Å². The molecule has 21 heavy (non-hydrogen) atoms. The number of hydrogen-bond donors (Lipinski definition) is 1. The van der Waals surface area contributed by atoms with Crippen molar-refractivity contribution in [2.24, 2.45) is 0 Å². The van der Waals surface area contributed by atoms with Crippen LogP contribution in [0.25, 0.3) is 0 Å². The summed E-state index contributed by atoms with van der Waals surface area (Å²) < 4.78 is 44.0. The van der Waals surface area contributed by atoms with E-state index in [1.54, 1.807) is 0 Å². The third kappa shape index (κ3) is 2.93. The number of nitrogens with zero attached hydrogens (tertiary/aromatic N) is 1. The first-order valence-corrected chi connectivity index (χ1v) is 7.14. The second kappa shape index (κ2) is 5.38. The van der Waals surface area contributed by atoms with Crippen molar-refractivity contribution in [3.05, 3.63) is 53.2 Å². The van der Waals surface area contributed by atoms with E-state index >= 15 is 0 Å². The molecule has 108 valence electrons. The highest BCUT2D eigenvalue weighted by atomic mass is 32.2. The van der Waals surface area contributed by atoms with Crippen LogP contribution in [0.1, 0.15) is 21.7 Å². The standard InChI is InChI=1S/C13H9FN2O4S/c1-8-11(4-5-20-8)13(17)16-21(18,19)10-2-3-12(14)9(6-10)7-15/h2-6H,1H3,(H,16,17). The van der Waals surface area contributed by atoms with E-state index in [-0.39, 0.29) is 16.2 Å². The molecule has 0 unspecified atom stereocenters. The highest BCUT2D eigenvalue weighted by Crippen LogP contribution is 2.15. The lowest BCUT2D eigenvalue weighted by molar-refractivity contribution is 0.0980. The van der Waals surface area contributed by atoms with Gasteiger partial charge in [0.2, 0.25) is 0 Å². The van der Waals surface area contributed by atoms with Crippen LogP contribution >= 0.6 is 0 Å². The topological polar surface area (TPSA) is 100 Å². The molecule has 1 amide bonds. The third-order valence-corrected chi connectivity index (χ3v) is 4.03. The second-order valence-electron chi connectivity index (χ2n) is 4.08. The Kier molecular flexibility index (Phi) is 3.78. The van der Waals surface area contributed by atoms with Crippen molar-refractivity contribution < 1.29 is 22.0 Å². The maximum atomic E-state index is 13.2. The number of benzene rings is 1. The van der Waals surface area contributed by atoms with Gasteiger partial charge in [0.15, 0.2) is 0 Å². The fourth-order valence-electron chi connectivity index (χ4n) is 1.61. The van der Waals surface area contributed by atoms with Gasteiger partial charge >= 0.3 is 0 Å². The number of nitriles is 1. The van der Waals surface area contributed by atoms with Crippen molar-refractivity contribution in [1.82, 2.24) is 4.72 Å². The summed E-state index contributed by atoms with van der Waals surface area (Å²) in [5.74, 6) is -1.45. The highest BCUT2D eigenvalue weighted by Gasteiger charge is 2.22. The van der Waals surface area contributed by atoms with Gasteiger partial charge in [0.05, 0.1) is 22.3 Å². The monoisotopic (exact) mass is 308 g/mol. The average molecular weight is 308 g/mol. The van der Waals surface area contributed by atoms with Crippen LogP contribution in [0.5, 0.6) is 0 Å². The van der Waals surface area contributed by atoms with Gasteiger partial charge in [-0.05, 0) is 31.2 Å². The largest absolute Gasteiger partial charge is 0.469 e. The zero-order valence-electron chi connectivity index (χ0n) is 10.8. The van der Waals surface area contributed by atoms with E-state index < -0.39 is 27.3 Å². The molecule has 0 bridgehead atoms. The van der Waals surface area contributed by atoms with Gasteiger partial charge in [0.25, 0.3) is 15.9 Å². The average Bonchev–Trinajstić information content (AvgIpc) is 2.85. The summed E-state index contributed by atoms with van der Waals surface area (Å²) in [6.07, 6.45) is 1.25. The normalized spacial score (nSPS) is 10.9. The Morgan fingerprint density at radius 2 is 2.10 bits per heavy atom. The Hall–Kier alpha value is -2.66. The van der Waals surface area contributed by atoms with Gasteiger partial charge in [0.1, 0.15) is 17.6 Å². The van der Waals surface area contributed by atoms with Crippen molar-refractivity contribution in [2.75, 3.05) is 0 Å². The molecule has 6 nitrogen and oxygen atoms in total. The smallest absolute Gasteiger partial charge is 0.268 e. The molecular weight excluding hydrogens is 299 g/mol. The van der Waals surface area contributed by atoms with Crippen molar-refractivity contribution >= 4 is 15.9 Å². The molecule has 1 heterocycles. The SMILES string of the molecule is Cc1occc1C(=O)NS(=O)(=O)c1ccc(F)c(C#N)c1. The predicted molar refractivity (Wildman–Crippen MR) is 69.2 cm³/mol. The van der Waals surface area contributed by atoms with E-state index in [0.717, 1.165) is 18.2 Å². The Labute approximate surface area is 119 Å². The van der Waals surface area contributed by atoms with Crippen molar-refractivity contribution in [3.63, 3.8) is 0 Å². The summed E-state index contributed by atoms with van der Waals surface area (Å²) in [7, 11) is -4.21. The van der Waals surface area contributed by atoms with E-state index in [2.05, 4.69) is 0 Å². The van der Waals surface area contributed by atoms with E-state index in [4.69, 9.17) is 9.68 Å². The van der Waals surface area contributed by atoms with E-state index in [1.807, 2.05) is 4.72 Å². The number of hydrogen-bond acceptors (Lipinski definition) is 5. The van der Waals surface area contributed by atoms with Crippen LogP contribution in [0.4, 0.5) is 4.39 Å². The summed E-state index contributed by atoms with van der Waals surface area (Å²) in [4.78, 5) is 11.5. The first-order valence-electron chi connectivity index (χ1n) is 5.66. The molecule has 0 aliphatic carbocycles. The second-order valence-corrected chi connectivity index (χ2v) is 5.76. The molecule has 0 saturated carbocycles. The minimum absolute atomic E-state index is 0.0705. The molecule has 0 spiro atoms. The quantitative estimate of drug-likeness (QED) is 0.930. The lowest BCUT2D eigenvalue weighted by Gasteiger charge is -2.07. The number of amides is 1. The van der Waals surface area contributed by atoms with Gasteiger partial charge in [0, 0.05) is 0 Å². The van der Waals surface area contributed by atoms with Gasteiger partial charge in [-0.25, -0.2) is 17.5 Å². The van der Waals surface area contributed by atoms with Crippen LogP contribution in [-0.2, 0) is 10.0 Å². The minimum atomic E-state index is -4.21.